The first-order chi connectivity index (χ1) is 8.08. The molecule has 0 atom stereocenters. The molecule has 17 heavy (non-hydrogen) atoms. The third-order valence-electron chi connectivity index (χ3n) is 2.60. The Bertz CT molecular complexity index is 523. The van der Waals surface area contributed by atoms with E-state index in [2.05, 4.69) is 4.98 Å². The second kappa shape index (κ2) is 4.33. The van der Waals surface area contributed by atoms with Crippen molar-refractivity contribution in [2.45, 2.75) is 6.92 Å². The van der Waals surface area contributed by atoms with E-state index in [4.69, 9.17) is 5.73 Å². The fourth-order valence-corrected chi connectivity index (χ4v) is 1.62. The number of aryl methyl sites for hydroxylation is 1. The van der Waals surface area contributed by atoms with Gasteiger partial charge in [0, 0.05) is 18.4 Å². The Labute approximate surface area is 100 Å². The largest absolute Gasteiger partial charge is 0.508 e. The maximum atomic E-state index is 9.25. The smallest absolute Gasteiger partial charge is 0.156 e. The minimum atomic E-state index is 0.243. The molecule has 0 aliphatic rings. The van der Waals surface area contributed by atoms with Crippen LogP contribution in [-0.2, 0) is 0 Å². The summed E-state index contributed by atoms with van der Waals surface area (Å²) in [6, 6.07) is 10.6. The molecule has 0 aliphatic heterocycles. The first kappa shape index (κ1) is 11.3. The van der Waals surface area contributed by atoms with Gasteiger partial charge in [0.2, 0.25) is 0 Å². The standard InChI is InChI=1S/C13H15N3O/c1-9-3-8-12(14)13(15-9)16(2)10-4-6-11(17)7-5-10/h3-8,17H,14H2,1-2H3. The van der Waals surface area contributed by atoms with Gasteiger partial charge in [-0.05, 0) is 43.3 Å². The molecule has 2 rings (SSSR count). The molecule has 2 aromatic rings. The lowest BCUT2D eigenvalue weighted by molar-refractivity contribution is 0.475. The van der Waals surface area contributed by atoms with Crippen molar-refractivity contribution in [1.82, 2.24) is 4.98 Å². The summed E-state index contributed by atoms with van der Waals surface area (Å²) in [5.41, 5.74) is 8.37. The lowest BCUT2D eigenvalue weighted by Gasteiger charge is -2.20. The summed E-state index contributed by atoms with van der Waals surface area (Å²) >= 11 is 0. The zero-order chi connectivity index (χ0) is 12.4. The highest BCUT2D eigenvalue weighted by Gasteiger charge is 2.09. The van der Waals surface area contributed by atoms with Gasteiger partial charge in [-0.15, -0.1) is 0 Å². The van der Waals surface area contributed by atoms with Gasteiger partial charge in [-0.1, -0.05) is 0 Å². The third-order valence-corrected chi connectivity index (χ3v) is 2.60. The summed E-state index contributed by atoms with van der Waals surface area (Å²) in [7, 11) is 1.89. The minimum absolute atomic E-state index is 0.243. The van der Waals surface area contributed by atoms with Gasteiger partial charge in [0.15, 0.2) is 5.82 Å². The van der Waals surface area contributed by atoms with Crippen LogP contribution in [-0.4, -0.2) is 17.1 Å². The third kappa shape index (κ3) is 2.30. The maximum absolute atomic E-state index is 9.25. The van der Waals surface area contributed by atoms with Crippen LogP contribution in [0.1, 0.15) is 5.69 Å². The number of nitrogens with zero attached hydrogens (tertiary/aromatic N) is 2. The molecule has 0 saturated carbocycles. The topological polar surface area (TPSA) is 62.4 Å². The number of hydrogen-bond acceptors (Lipinski definition) is 4. The van der Waals surface area contributed by atoms with E-state index in [0.29, 0.717) is 5.69 Å². The molecule has 0 saturated heterocycles. The second-order valence-electron chi connectivity index (χ2n) is 3.94. The molecule has 0 spiro atoms. The molecule has 4 nitrogen and oxygen atoms in total. The van der Waals surface area contributed by atoms with E-state index in [1.54, 1.807) is 12.1 Å². The van der Waals surface area contributed by atoms with Crippen molar-refractivity contribution in [1.29, 1.82) is 0 Å². The molecule has 3 N–H and O–H groups in total. The highest BCUT2D eigenvalue weighted by atomic mass is 16.3. The Morgan fingerprint density at radius 3 is 2.41 bits per heavy atom. The summed E-state index contributed by atoms with van der Waals surface area (Å²) in [5.74, 6) is 0.961. The molecule has 88 valence electrons. The van der Waals surface area contributed by atoms with E-state index in [9.17, 15) is 5.11 Å². The number of benzene rings is 1. The number of aromatic hydroxyl groups is 1. The average molecular weight is 229 g/mol. The van der Waals surface area contributed by atoms with Crippen molar-refractivity contribution in [3.8, 4) is 5.75 Å². The molecular formula is C13H15N3O. The number of anilines is 3. The van der Waals surface area contributed by atoms with E-state index >= 15 is 0 Å². The van der Waals surface area contributed by atoms with Gasteiger partial charge < -0.3 is 15.7 Å². The Morgan fingerprint density at radius 1 is 1.12 bits per heavy atom. The van der Waals surface area contributed by atoms with Crippen molar-refractivity contribution in [2.24, 2.45) is 0 Å². The van der Waals surface area contributed by atoms with Crippen molar-refractivity contribution in [3.05, 3.63) is 42.1 Å². The first-order valence-electron chi connectivity index (χ1n) is 5.34. The predicted molar refractivity (Wildman–Crippen MR) is 69.6 cm³/mol. The van der Waals surface area contributed by atoms with Crippen molar-refractivity contribution >= 4 is 17.2 Å². The maximum Gasteiger partial charge on any atom is 0.156 e. The van der Waals surface area contributed by atoms with Gasteiger partial charge in [-0.2, -0.15) is 0 Å². The Hall–Kier alpha value is -2.23. The SMILES string of the molecule is Cc1ccc(N)c(N(C)c2ccc(O)cc2)n1. The molecule has 1 aromatic carbocycles. The van der Waals surface area contributed by atoms with Gasteiger partial charge in [-0.3, -0.25) is 0 Å². The van der Waals surface area contributed by atoms with Crippen LogP contribution < -0.4 is 10.6 Å². The van der Waals surface area contributed by atoms with Crippen LogP contribution in [0.5, 0.6) is 5.75 Å². The highest BCUT2D eigenvalue weighted by Crippen LogP contribution is 2.27. The number of rotatable bonds is 2. The number of nitrogen functional groups attached to an aromatic ring is 1. The van der Waals surface area contributed by atoms with Crippen LogP contribution in [0.3, 0.4) is 0 Å². The van der Waals surface area contributed by atoms with E-state index in [1.807, 2.05) is 43.1 Å². The molecule has 0 amide bonds. The molecule has 0 aliphatic carbocycles. The summed E-state index contributed by atoms with van der Waals surface area (Å²) in [6.45, 7) is 1.92. The van der Waals surface area contributed by atoms with Gasteiger partial charge in [-0.25, -0.2) is 4.98 Å². The van der Waals surface area contributed by atoms with Crippen LogP contribution in [0.2, 0.25) is 0 Å². The van der Waals surface area contributed by atoms with E-state index < -0.39 is 0 Å². The Balaban J connectivity index is 2.39. The number of phenols is 1. The van der Waals surface area contributed by atoms with Crippen LogP contribution in [0.15, 0.2) is 36.4 Å². The second-order valence-corrected chi connectivity index (χ2v) is 3.94. The predicted octanol–water partition coefficient (Wildman–Crippen LogP) is 2.45. The van der Waals surface area contributed by atoms with Crippen LogP contribution in [0.4, 0.5) is 17.2 Å². The molecule has 0 bridgehead atoms. The Morgan fingerprint density at radius 2 is 1.76 bits per heavy atom. The lowest BCUT2D eigenvalue weighted by atomic mass is 10.2. The molecule has 4 heteroatoms. The molecule has 0 radical (unpaired) electrons. The summed E-state index contributed by atoms with van der Waals surface area (Å²) in [6.07, 6.45) is 0. The molecule has 0 unspecified atom stereocenters. The van der Waals surface area contributed by atoms with E-state index in [1.165, 1.54) is 0 Å². The molecule has 1 heterocycles. The first-order valence-corrected chi connectivity index (χ1v) is 5.34. The molecule has 1 aromatic heterocycles. The van der Waals surface area contributed by atoms with Gasteiger partial charge in [0.05, 0.1) is 5.69 Å². The van der Waals surface area contributed by atoms with Crippen LogP contribution in [0, 0.1) is 6.92 Å². The van der Waals surface area contributed by atoms with Gasteiger partial charge in [0.1, 0.15) is 5.75 Å². The zero-order valence-electron chi connectivity index (χ0n) is 9.88. The fraction of sp³-hybridized carbons (Fsp3) is 0.154. The van der Waals surface area contributed by atoms with Crippen molar-refractivity contribution < 1.29 is 5.11 Å². The van der Waals surface area contributed by atoms with Crippen molar-refractivity contribution in [2.75, 3.05) is 17.7 Å². The number of hydrogen-bond donors (Lipinski definition) is 2. The molecular weight excluding hydrogens is 214 g/mol. The van der Waals surface area contributed by atoms with E-state index in [-0.39, 0.29) is 5.75 Å². The van der Waals surface area contributed by atoms with Gasteiger partial charge in [0.25, 0.3) is 0 Å². The van der Waals surface area contributed by atoms with Crippen LogP contribution >= 0.6 is 0 Å². The highest BCUT2D eigenvalue weighted by molar-refractivity contribution is 5.70. The minimum Gasteiger partial charge on any atom is -0.508 e. The average Bonchev–Trinajstić information content (AvgIpc) is 2.32. The number of aromatic nitrogens is 1. The summed E-state index contributed by atoms with van der Waals surface area (Å²) < 4.78 is 0. The number of nitrogens with two attached hydrogens (primary N) is 1. The monoisotopic (exact) mass is 229 g/mol. The number of pyridine rings is 1. The van der Waals surface area contributed by atoms with Gasteiger partial charge >= 0.3 is 0 Å². The number of phenolic OH excluding ortho intramolecular Hbond substituents is 1. The van der Waals surface area contributed by atoms with Crippen LogP contribution in [0.25, 0.3) is 0 Å². The van der Waals surface area contributed by atoms with Crippen molar-refractivity contribution in [3.63, 3.8) is 0 Å². The lowest BCUT2D eigenvalue weighted by Crippen LogP contribution is -2.13. The normalized spacial score (nSPS) is 10.2. The molecule has 0 fully saturated rings. The van der Waals surface area contributed by atoms with E-state index in [0.717, 1.165) is 17.2 Å². The summed E-state index contributed by atoms with van der Waals surface area (Å²) in [4.78, 5) is 6.30. The quantitative estimate of drug-likeness (QED) is 0.830. The zero-order valence-corrected chi connectivity index (χ0v) is 9.88. The fourth-order valence-electron chi connectivity index (χ4n) is 1.62. The Kier molecular flexibility index (Phi) is 2.87. The summed E-state index contributed by atoms with van der Waals surface area (Å²) in [5, 5.41) is 9.25.